The topological polar surface area (TPSA) is 119 Å². The van der Waals surface area contributed by atoms with E-state index in [0.717, 1.165) is 18.4 Å². The van der Waals surface area contributed by atoms with Crippen LogP contribution in [0, 0.1) is 0 Å². The molecule has 0 unspecified atom stereocenters. The molecule has 41 heavy (non-hydrogen) atoms. The molecule has 0 spiro atoms. The fraction of sp³-hybridized carbons (Fsp3) is 0.367. The number of nitrogens with zero attached hydrogens (tertiary/aromatic N) is 1. The lowest BCUT2D eigenvalue weighted by Gasteiger charge is -2.32. The first-order valence-electron chi connectivity index (χ1n) is 13.4. The molecule has 3 aromatic rings. The van der Waals surface area contributed by atoms with Crippen LogP contribution in [0.3, 0.4) is 0 Å². The summed E-state index contributed by atoms with van der Waals surface area (Å²) < 4.78 is 21.7. The molecule has 11 heteroatoms. The largest absolute Gasteiger partial charge is 0.493 e. The number of amides is 3. The lowest BCUT2D eigenvalue weighted by atomic mass is 10.0. The Labute approximate surface area is 243 Å². The maximum atomic E-state index is 13.8. The summed E-state index contributed by atoms with van der Waals surface area (Å²) in [6.45, 7) is 0.810. The van der Waals surface area contributed by atoms with E-state index in [4.69, 9.17) is 30.2 Å². The van der Waals surface area contributed by atoms with Crippen LogP contribution in [-0.4, -0.2) is 69.2 Å². The van der Waals surface area contributed by atoms with Gasteiger partial charge in [-0.15, -0.1) is 0 Å². The summed E-state index contributed by atoms with van der Waals surface area (Å²) in [5.41, 5.74) is 1.45. The molecule has 2 aromatic carbocycles. The Balaban J connectivity index is 1.64. The number of benzene rings is 2. The highest BCUT2D eigenvalue weighted by molar-refractivity contribution is 6.30. The molecule has 10 nitrogen and oxygen atoms in total. The van der Waals surface area contributed by atoms with Gasteiger partial charge in [0.2, 0.25) is 11.8 Å². The van der Waals surface area contributed by atoms with Gasteiger partial charge in [0, 0.05) is 24.7 Å². The average Bonchev–Trinajstić information content (AvgIpc) is 3.72. The molecule has 2 heterocycles. The van der Waals surface area contributed by atoms with Crippen molar-refractivity contribution in [1.29, 1.82) is 0 Å². The standard InChI is InChI=1S/C30H34ClN3O7/c1-38-24-12-9-21(17-26(24)39-2)28(30(37)32-18-23-5-3-15-40-23)34(14-13-20-7-10-22(31)11-8-20)27(35)19-33-29(36)25-6-4-16-41-25/h4,6-12,16-17,23,28H,3,5,13-15,18-19H2,1-2H3,(H,32,37)(H,33,36)/t23-,28-/m1/s1. The molecular weight excluding hydrogens is 550 g/mol. The van der Waals surface area contributed by atoms with Crippen LogP contribution in [-0.2, 0) is 20.7 Å². The van der Waals surface area contributed by atoms with Crippen molar-refractivity contribution in [3.63, 3.8) is 0 Å². The molecule has 2 atom stereocenters. The Morgan fingerprint density at radius 2 is 1.83 bits per heavy atom. The van der Waals surface area contributed by atoms with E-state index in [-0.39, 0.29) is 30.9 Å². The summed E-state index contributed by atoms with van der Waals surface area (Å²) in [5, 5.41) is 6.16. The van der Waals surface area contributed by atoms with Gasteiger partial charge in [0.05, 0.1) is 33.1 Å². The first-order chi connectivity index (χ1) is 19.9. The summed E-state index contributed by atoms with van der Waals surface area (Å²) in [6.07, 6.45) is 3.51. The van der Waals surface area contributed by atoms with E-state index >= 15 is 0 Å². The Hall–Kier alpha value is -4.02. The lowest BCUT2D eigenvalue weighted by molar-refractivity contribution is -0.140. The number of methoxy groups -OCH3 is 2. The minimum absolute atomic E-state index is 0.0799. The van der Waals surface area contributed by atoms with Gasteiger partial charge in [-0.2, -0.15) is 0 Å². The first-order valence-corrected chi connectivity index (χ1v) is 13.7. The Morgan fingerprint density at radius 3 is 2.49 bits per heavy atom. The van der Waals surface area contributed by atoms with Crippen molar-refractivity contribution < 1.29 is 33.0 Å². The summed E-state index contributed by atoms with van der Waals surface area (Å²) in [4.78, 5) is 41.5. The second-order valence-corrected chi connectivity index (χ2v) is 9.96. The zero-order chi connectivity index (χ0) is 29.2. The fourth-order valence-electron chi connectivity index (χ4n) is 4.66. The normalized spacial score (nSPS) is 15.1. The highest BCUT2D eigenvalue weighted by atomic mass is 35.5. The predicted octanol–water partition coefficient (Wildman–Crippen LogP) is 3.79. The molecule has 1 aliphatic heterocycles. The molecule has 1 aliphatic rings. The third-order valence-corrected chi connectivity index (χ3v) is 7.08. The summed E-state index contributed by atoms with van der Waals surface area (Å²) >= 11 is 6.05. The number of hydrogen-bond acceptors (Lipinski definition) is 7. The Kier molecular flexibility index (Phi) is 10.6. The summed E-state index contributed by atoms with van der Waals surface area (Å²) in [6, 6.07) is 14.4. The maximum Gasteiger partial charge on any atom is 0.287 e. The SMILES string of the molecule is COc1ccc([C@H](C(=O)NC[C@H]2CCCO2)N(CCc2ccc(Cl)cc2)C(=O)CNC(=O)c2ccco2)cc1OC. The smallest absolute Gasteiger partial charge is 0.287 e. The van der Waals surface area contributed by atoms with Gasteiger partial charge in [-0.3, -0.25) is 14.4 Å². The van der Waals surface area contributed by atoms with Crippen molar-refractivity contribution >= 4 is 29.3 Å². The third kappa shape index (κ3) is 8.02. The van der Waals surface area contributed by atoms with Crippen molar-refractivity contribution in [3.8, 4) is 11.5 Å². The van der Waals surface area contributed by atoms with Gasteiger partial charge >= 0.3 is 0 Å². The molecule has 3 amide bonds. The van der Waals surface area contributed by atoms with E-state index in [0.29, 0.717) is 41.7 Å². The number of carbonyl (C=O) groups is 3. The number of furan rings is 1. The van der Waals surface area contributed by atoms with Crippen LogP contribution in [0.15, 0.2) is 65.3 Å². The molecular formula is C30H34ClN3O7. The van der Waals surface area contributed by atoms with Crippen LogP contribution >= 0.6 is 11.6 Å². The zero-order valence-electron chi connectivity index (χ0n) is 23.1. The number of nitrogens with one attached hydrogen (secondary N) is 2. The third-order valence-electron chi connectivity index (χ3n) is 6.83. The monoisotopic (exact) mass is 583 g/mol. The van der Waals surface area contributed by atoms with Crippen molar-refractivity contribution in [2.45, 2.75) is 31.4 Å². The van der Waals surface area contributed by atoms with Crippen molar-refractivity contribution in [2.75, 3.05) is 40.5 Å². The highest BCUT2D eigenvalue weighted by Gasteiger charge is 2.33. The minimum Gasteiger partial charge on any atom is -0.493 e. The maximum absolute atomic E-state index is 13.8. The van der Waals surface area contributed by atoms with Crippen molar-refractivity contribution in [1.82, 2.24) is 15.5 Å². The van der Waals surface area contributed by atoms with E-state index in [1.54, 1.807) is 36.4 Å². The highest BCUT2D eigenvalue weighted by Crippen LogP contribution is 2.32. The quantitative estimate of drug-likeness (QED) is 0.314. The van der Waals surface area contributed by atoms with Crippen LogP contribution < -0.4 is 20.1 Å². The zero-order valence-corrected chi connectivity index (χ0v) is 23.8. The number of ether oxygens (including phenoxy) is 3. The van der Waals surface area contributed by atoms with Crippen LogP contribution in [0.2, 0.25) is 5.02 Å². The molecule has 1 fully saturated rings. The van der Waals surface area contributed by atoms with Gasteiger partial charge in [0.25, 0.3) is 5.91 Å². The summed E-state index contributed by atoms with van der Waals surface area (Å²) in [5.74, 6) is -0.388. The van der Waals surface area contributed by atoms with Gasteiger partial charge in [0.1, 0.15) is 6.04 Å². The van der Waals surface area contributed by atoms with Crippen molar-refractivity contribution in [3.05, 3.63) is 82.8 Å². The van der Waals surface area contributed by atoms with E-state index < -0.39 is 17.9 Å². The predicted molar refractivity (Wildman–Crippen MR) is 152 cm³/mol. The Morgan fingerprint density at radius 1 is 1.05 bits per heavy atom. The first kappa shape index (κ1) is 30.0. The number of hydrogen-bond donors (Lipinski definition) is 2. The second-order valence-electron chi connectivity index (χ2n) is 9.52. The van der Waals surface area contributed by atoms with Crippen LogP contribution in [0.1, 0.15) is 40.6 Å². The fourth-order valence-corrected chi connectivity index (χ4v) is 4.79. The van der Waals surface area contributed by atoms with Crippen LogP contribution in [0.4, 0.5) is 0 Å². The molecule has 4 rings (SSSR count). The molecule has 1 aromatic heterocycles. The van der Waals surface area contributed by atoms with E-state index in [1.807, 2.05) is 12.1 Å². The molecule has 2 N–H and O–H groups in total. The minimum atomic E-state index is -1.03. The van der Waals surface area contributed by atoms with E-state index in [1.165, 1.54) is 31.4 Å². The Bertz CT molecular complexity index is 1310. The van der Waals surface area contributed by atoms with E-state index in [2.05, 4.69) is 10.6 Å². The molecule has 0 saturated carbocycles. The molecule has 218 valence electrons. The number of halogens is 1. The van der Waals surface area contributed by atoms with Crippen LogP contribution in [0.5, 0.6) is 11.5 Å². The van der Waals surface area contributed by atoms with Gasteiger partial charge in [-0.1, -0.05) is 29.8 Å². The molecule has 1 saturated heterocycles. The lowest BCUT2D eigenvalue weighted by Crippen LogP contribution is -2.49. The molecule has 0 radical (unpaired) electrons. The van der Waals surface area contributed by atoms with Gasteiger partial charge in [-0.25, -0.2) is 0 Å². The van der Waals surface area contributed by atoms with Gasteiger partial charge in [0.15, 0.2) is 17.3 Å². The summed E-state index contributed by atoms with van der Waals surface area (Å²) in [7, 11) is 3.02. The average molecular weight is 584 g/mol. The van der Waals surface area contributed by atoms with Gasteiger partial charge < -0.3 is 34.2 Å². The van der Waals surface area contributed by atoms with Gasteiger partial charge in [-0.05, 0) is 66.8 Å². The van der Waals surface area contributed by atoms with Crippen LogP contribution in [0.25, 0.3) is 0 Å². The number of rotatable bonds is 13. The molecule has 0 aliphatic carbocycles. The number of carbonyl (C=O) groups excluding carboxylic acids is 3. The second kappa shape index (κ2) is 14.6. The van der Waals surface area contributed by atoms with E-state index in [9.17, 15) is 14.4 Å². The molecule has 0 bridgehead atoms. The van der Waals surface area contributed by atoms with Crippen molar-refractivity contribution in [2.24, 2.45) is 0 Å².